The zero-order chi connectivity index (χ0) is 8.81. The first-order chi connectivity index (χ1) is 5.86. The van der Waals surface area contributed by atoms with E-state index in [2.05, 4.69) is 36.3 Å². The summed E-state index contributed by atoms with van der Waals surface area (Å²) < 4.78 is 0. The molecule has 1 N–H and O–H groups in total. The van der Waals surface area contributed by atoms with Gasteiger partial charge in [-0.05, 0) is 12.8 Å². The minimum absolute atomic E-state index is 0.959. The van der Waals surface area contributed by atoms with Gasteiger partial charge < -0.3 is 10.2 Å². The van der Waals surface area contributed by atoms with Crippen molar-refractivity contribution in [1.29, 1.82) is 0 Å². The number of nitrogens with zero attached hydrogens (tertiary/aromatic N) is 1. The van der Waals surface area contributed by atoms with E-state index >= 15 is 0 Å². The molecule has 1 aliphatic rings. The van der Waals surface area contributed by atoms with Gasteiger partial charge in [0.15, 0.2) is 0 Å². The Morgan fingerprint density at radius 3 is 2.92 bits per heavy atom. The molecule has 0 bridgehead atoms. The van der Waals surface area contributed by atoms with E-state index in [1.54, 1.807) is 0 Å². The van der Waals surface area contributed by atoms with Crippen molar-refractivity contribution in [3.05, 3.63) is 24.0 Å². The van der Waals surface area contributed by atoms with Crippen LogP contribution in [0.15, 0.2) is 24.0 Å². The zero-order valence-electron chi connectivity index (χ0n) is 8.01. The SMILES string of the molecule is CC/C=C(\CC)CN1C=CNC1. The highest BCUT2D eigenvalue weighted by Gasteiger charge is 2.04. The molecule has 0 radical (unpaired) electrons. The second kappa shape index (κ2) is 4.86. The second-order valence-corrected chi connectivity index (χ2v) is 3.05. The minimum Gasteiger partial charge on any atom is -0.373 e. The summed E-state index contributed by atoms with van der Waals surface area (Å²) in [6.07, 6.45) is 8.75. The molecule has 2 heteroatoms. The van der Waals surface area contributed by atoms with Crippen molar-refractivity contribution < 1.29 is 0 Å². The van der Waals surface area contributed by atoms with E-state index < -0.39 is 0 Å². The van der Waals surface area contributed by atoms with Gasteiger partial charge in [-0.15, -0.1) is 0 Å². The van der Waals surface area contributed by atoms with E-state index in [4.69, 9.17) is 0 Å². The molecule has 1 aliphatic heterocycles. The predicted molar refractivity (Wildman–Crippen MR) is 52.5 cm³/mol. The van der Waals surface area contributed by atoms with Gasteiger partial charge in [-0.25, -0.2) is 0 Å². The molecular weight excluding hydrogens is 148 g/mol. The highest BCUT2D eigenvalue weighted by Crippen LogP contribution is 2.06. The van der Waals surface area contributed by atoms with Crippen LogP contribution in [0.2, 0.25) is 0 Å². The Morgan fingerprint density at radius 1 is 1.58 bits per heavy atom. The van der Waals surface area contributed by atoms with Crippen LogP contribution in [0.1, 0.15) is 26.7 Å². The number of nitrogens with one attached hydrogen (secondary N) is 1. The molecule has 0 unspecified atom stereocenters. The predicted octanol–water partition coefficient (Wildman–Crippen LogP) is 2.07. The molecule has 0 aromatic rings. The number of rotatable bonds is 4. The van der Waals surface area contributed by atoms with Crippen molar-refractivity contribution >= 4 is 0 Å². The molecule has 12 heavy (non-hydrogen) atoms. The van der Waals surface area contributed by atoms with Gasteiger partial charge in [0.25, 0.3) is 0 Å². The maximum atomic E-state index is 3.16. The van der Waals surface area contributed by atoms with Crippen LogP contribution >= 0.6 is 0 Å². The van der Waals surface area contributed by atoms with Crippen LogP contribution in [0, 0.1) is 0 Å². The maximum Gasteiger partial charge on any atom is 0.0870 e. The van der Waals surface area contributed by atoms with E-state index in [0.29, 0.717) is 0 Å². The summed E-state index contributed by atoms with van der Waals surface area (Å²) in [6, 6.07) is 0. The average Bonchev–Trinajstić information content (AvgIpc) is 2.56. The van der Waals surface area contributed by atoms with Crippen molar-refractivity contribution in [2.45, 2.75) is 26.7 Å². The number of hydrogen-bond acceptors (Lipinski definition) is 2. The Kier molecular flexibility index (Phi) is 3.71. The smallest absolute Gasteiger partial charge is 0.0870 e. The summed E-state index contributed by atoms with van der Waals surface area (Å²) in [4.78, 5) is 2.28. The Balaban J connectivity index is 2.36. The van der Waals surface area contributed by atoms with Gasteiger partial charge in [-0.2, -0.15) is 0 Å². The largest absolute Gasteiger partial charge is 0.373 e. The third-order valence-corrected chi connectivity index (χ3v) is 2.05. The molecule has 2 nitrogen and oxygen atoms in total. The summed E-state index contributed by atoms with van der Waals surface area (Å²) in [7, 11) is 0. The van der Waals surface area contributed by atoms with E-state index in [9.17, 15) is 0 Å². The third-order valence-electron chi connectivity index (χ3n) is 2.05. The molecule has 0 saturated heterocycles. The van der Waals surface area contributed by atoms with Gasteiger partial charge in [0, 0.05) is 18.9 Å². The van der Waals surface area contributed by atoms with E-state index in [1.165, 1.54) is 5.57 Å². The topological polar surface area (TPSA) is 15.3 Å². The van der Waals surface area contributed by atoms with Crippen LogP contribution in [0.5, 0.6) is 0 Å². The Hall–Kier alpha value is -0.920. The third kappa shape index (κ3) is 2.61. The van der Waals surface area contributed by atoms with Crippen LogP contribution in [0.25, 0.3) is 0 Å². The van der Waals surface area contributed by atoms with Crippen LogP contribution in [-0.4, -0.2) is 18.1 Å². The van der Waals surface area contributed by atoms with Crippen molar-refractivity contribution in [3.63, 3.8) is 0 Å². The lowest BCUT2D eigenvalue weighted by Crippen LogP contribution is -2.22. The van der Waals surface area contributed by atoms with Gasteiger partial charge in [-0.3, -0.25) is 0 Å². The van der Waals surface area contributed by atoms with Crippen LogP contribution < -0.4 is 5.32 Å². The first kappa shape index (κ1) is 9.17. The van der Waals surface area contributed by atoms with Crippen LogP contribution in [0.4, 0.5) is 0 Å². The Labute approximate surface area is 74.9 Å². The monoisotopic (exact) mass is 166 g/mol. The Bertz CT molecular complexity index is 182. The van der Waals surface area contributed by atoms with Crippen molar-refractivity contribution in [2.24, 2.45) is 0 Å². The fourth-order valence-electron chi connectivity index (χ4n) is 1.36. The molecule has 0 saturated carbocycles. The minimum atomic E-state index is 0.959. The molecule has 0 aromatic carbocycles. The average molecular weight is 166 g/mol. The molecular formula is C10H18N2. The molecule has 0 aromatic heterocycles. The first-order valence-electron chi connectivity index (χ1n) is 4.68. The van der Waals surface area contributed by atoms with E-state index in [-0.39, 0.29) is 0 Å². The quantitative estimate of drug-likeness (QED) is 0.643. The molecule has 1 heterocycles. The highest BCUT2D eigenvalue weighted by atomic mass is 15.2. The Morgan fingerprint density at radius 2 is 2.42 bits per heavy atom. The van der Waals surface area contributed by atoms with Crippen molar-refractivity contribution in [1.82, 2.24) is 10.2 Å². The van der Waals surface area contributed by atoms with E-state index in [1.807, 2.05) is 6.20 Å². The summed E-state index contributed by atoms with van der Waals surface area (Å²) in [6.45, 7) is 6.44. The lowest BCUT2D eigenvalue weighted by molar-refractivity contribution is 0.419. The first-order valence-corrected chi connectivity index (χ1v) is 4.68. The fraction of sp³-hybridized carbons (Fsp3) is 0.600. The highest BCUT2D eigenvalue weighted by molar-refractivity contribution is 5.06. The molecule has 68 valence electrons. The van der Waals surface area contributed by atoms with Gasteiger partial charge in [0.2, 0.25) is 0 Å². The normalized spacial score (nSPS) is 16.8. The molecule has 0 aliphatic carbocycles. The molecule has 0 atom stereocenters. The van der Waals surface area contributed by atoms with Gasteiger partial charge in [-0.1, -0.05) is 25.5 Å². The van der Waals surface area contributed by atoms with E-state index in [0.717, 1.165) is 26.1 Å². The molecule has 0 fully saturated rings. The van der Waals surface area contributed by atoms with Crippen LogP contribution in [0.3, 0.4) is 0 Å². The standard InChI is InChI=1S/C10H18N2/c1-3-5-10(4-2)8-12-7-6-11-9-12/h5-7,11H,3-4,8-9H2,1-2H3/b10-5+. The molecule has 0 spiro atoms. The second-order valence-electron chi connectivity index (χ2n) is 3.05. The maximum absolute atomic E-state index is 3.16. The van der Waals surface area contributed by atoms with Gasteiger partial charge in [0.05, 0.1) is 6.67 Å². The number of hydrogen-bond donors (Lipinski definition) is 1. The fourth-order valence-corrected chi connectivity index (χ4v) is 1.36. The number of allylic oxidation sites excluding steroid dienone is 1. The summed E-state index contributed by atoms with van der Waals surface area (Å²) >= 11 is 0. The van der Waals surface area contributed by atoms with Gasteiger partial charge in [0.1, 0.15) is 0 Å². The molecule has 1 rings (SSSR count). The van der Waals surface area contributed by atoms with Crippen molar-refractivity contribution in [3.8, 4) is 0 Å². The summed E-state index contributed by atoms with van der Waals surface area (Å²) in [5, 5.41) is 3.16. The summed E-state index contributed by atoms with van der Waals surface area (Å²) in [5.41, 5.74) is 1.53. The van der Waals surface area contributed by atoms with Crippen molar-refractivity contribution in [2.75, 3.05) is 13.2 Å². The van der Waals surface area contributed by atoms with Crippen LogP contribution in [-0.2, 0) is 0 Å². The summed E-state index contributed by atoms with van der Waals surface area (Å²) in [5.74, 6) is 0. The zero-order valence-corrected chi connectivity index (χ0v) is 8.01. The lowest BCUT2D eigenvalue weighted by Gasteiger charge is -2.16. The van der Waals surface area contributed by atoms with Gasteiger partial charge >= 0.3 is 0 Å². The lowest BCUT2D eigenvalue weighted by atomic mass is 10.1. The molecule has 0 amide bonds.